The molecule has 0 heterocycles. The minimum atomic E-state index is -2.72. The number of hydrogen-bond donors (Lipinski definition) is 1. The monoisotopic (exact) mass is 454 g/mol. The van der Waals surface area contributed by atoms with E-state index in [-0.39, 0.29) is 11.0 Å². The number of rotatable bonds is 10. The molecule has 0 aliphatic heterocycles. The second kappa shape index (κ2) is 10.6. The van der Waals surface area contributed by atoms with Gasteiger partial charge in [-0.2, -0.15) is 0 Å². The molecule has 32 heavy (non-hydrogen) atoms. The minimum Gasteiger partial charge on any atom is -0.469 e. The fraction of sp³-hybridized carbons (Fsp3) is 0.444. The van der Waals surface area contributed by atoms with E-state index in [2.05, 4.69) is 51.6 Å². The molecule has 0 aromatic heterocycles. The Morgan fingerprint density at radius 2 is 1.50 bits per heavy atom. The second-order valence-corrected chi connectivity index (χ2v) is 14.1. The number of allylic oxidation sites excluding steroid dienone is 1. The van der Waals surface area contributed by atoms with E-state index in [1.54, 1.807) is 13.0 Å². The molecular formula is C27H38O4Si. The van der Waals surface area contributed by atoms with Crippen LogP contribution in [0.25, 0.3) is 0 Å². The van der Waals surface area contributed by atoms with E-state index in [4.69, 9.17) is 9.16 Å². The Balaban J connectivity index is 2.47. The molecule has 0 aliphatic rings. The highest BCUT2D eigenvalue weighted by atomic mass is 28.4. The summed E-state index contributed by atoms with van der Waals surface area (Å²) in [5, 5.41) is 13.4. The molecular weight excluding hydrogens is 416 g/mol. The number of carbonyl (C=O) groups is 1. The molecule has 2 rings (SSSR count). The fourth-order valence-corrected chi connectivity index (χ4v) is 9.26. The predicted molar refractivity (Wildman–Crippen MR) is 134 cm³/mol. The number of aliphatic hydroxyl groups is 1. The molecule has 2 aromatic carbocycles. The van der Waals surface area contributed by atoms with Gasteiger partial charge in [0.15, 0.2) is 0 Å². The van der Waals surface area contributed by atoms with Crippen LogP contribution >= 0.6 is 0 Å². The lowest BCUT2D eigenvalue weighted by Gasteiger charge is -2.44. The highest BCUT2D eigenvalue weighted by Gasteiger charge is 2.51. The molecule has 0 aliphatic carbocycles. The highest BCUT2D eigenvalue weighted by Crippen LogP contribution is 2.38. The van der Waals surface area contributed by atoms with Gasteiger partial charge in [0, 0.05) is 12.5 Å². The zero-order valence-electron chi connectivity index (χ0n) is 20.3. The number of ether oxygens (including phenoxy) is 1. The van der Waals surface area contributed by atoms with Crippen LogP contribution < -0.4 is 10.4 Å². The van der Waals surface area contributed by atoms with Gasteiger partial charge in [0.05, 0.1) is 18.6 Å². The van der Waals surface area contributed by atoms with Crippen molar-refractivity contribution in [2.45, 2.75) is 52.2 Å². The first-order valence-electron chi connectivity index (χ1n) is 11.2. The number of aliphatic hydroxyl groups excluding tert-OH is 1. The molecule has 0 radical (unpaired) electrons. The van der Waals surface area contributed by atoms with Gasteiger partial charge in [-0.05, 0) is 28.8 Å². The van der Waals surface area contributed by atoms with Crippen molar-refractivity contribution in [1.29, 1.82) is 0 Å². The van der Waals surface area contributed by atoms with Crippen LogP contribution in [0.3, 0.4) is 0 Å². The molecule has 5 heteroatoms. The summed E-state index contributed by atoms with van der Waals surface area (Å²) >= 11 is 0. The fourth-order valence-electron chi connectivity index (χ4n) is 4.59. The van der Waals surface area contributed by atoms with Crippen molar-refractivity contribution in [2.75, 3.05) is 13.7 Å². The van der Waals surface area contributed by atoms with Crippen LogP contribution in [0, 0.1) is 11.3 Å². The highest BCUT2D eigenvalue weighted by molar-refractivity contribution is 6.99. The number of methoxy groups -OCH3 is 1. The number of carbonyl (C=O) groups excluding carboxylic acids is 1. The molecule has 2 aromatic rings. The van der Waals surface area contributed by atoms with E-state index in [9.17, 15) is 9.90 Å². The van der Waals surface area contributed by atoms with E-state index < -0.39 is 25.8 Å². The average molecular weight is 455 g/mol. The van der Waals surface area contributed by atoms with Crippen LogP contribution in [0.4, 0.5) is 0 Å². The second-order valence-electron chi connectivity index (χ2n) is 9.80. The Morgan fingerprint density at radius 3 is 1.88 bits per heavy atom. The summed E-state index contributed by atoms with van der Waals surface area (Å²) in [6, 6.07) is 20.8. The zero-order valence-corrected chi connectivity index (χ0v) is 21.3. The van der Waals surface area contributed by atoms with Gasteiger partial charge < -0.3 is 14.3 Å². The van der Waals surface area contributed by atoms with Crippen molar-refractivity contribution < 1.29 is 19.1 Å². The molecule has 0 saturated heterocycles. The van der Waals surface area contributed by atoms with Crippen molar-refractivity contribution in [1.82, 2.24) is 0 Å². The van der Waals surface area contributed by atoms with E-state index >= 15 is 0 Å². The summed E-state index contributed by atoms with van der Waals surface area (Å²) in [5.41, 5.74) is -1.08. The normalized spacial score (nSPS) is 16.0. The first kappa shape index (κ1) is 26.0. The lowest BCUT2D eigenvalue weighted by molar-refractivity contribution is -0.161. The maximum Gasteiger partial charge on any atom is 0.314 e. The topological polar surface area (TPSA) is 55.8 Å². The Labute approximate surface area is 194 Å². The van der Waals surface area contributed by atoms with Crippen LogP contribution in [0.1, 0.15) is 41.0 Å². The molecule has 0 saturated carbocycles. The third-order valence-electron chi connectivity index (χ3n) is 6.39. The minimum absolute atomic E-state index is 0.160. The van der Waals surface area contributed by atoms with Gasteiger partial charge >= 0.3 is 5.97 Å². The standard InChI is InChI=1S/C27H38O4Si/c1-8-19-27(6,25(29)30-7)24(28)21(2)20-31-32(26(3,4)5,22-15-11-9-12-16-22)23-17-13-10-14-18-23/h8-18,21,24,28H,1,19-20H2,2-7H3/t21-,24-,27+/m0/s1. The summed E-state index contributed by atoms with van der Waals surface area (Å²) in [7, 11) is -1.37. The van der Waals surface area contributed by atoms with Crippen LogP contribution in [0.2, 0.25) is 5.04 Å². The Morgan fingerprint density at radius 1 is 1.03 bits per heavy atom. The predicted octanol–water partition coefficient (Wildman–Crippen LogP) is 4.32. The largest absolute Gasteiger partial charge is 0.469 e. The third kappa shape index (κ3) is 5.06. The van der Waals surface area contributed by atoms with Crippen molar-refractivity contribution in [2.24, 2.45) is 11.3 Å². The van der Waals surface area contributed by atoms with E-state index in [1.165, 1.54) is 17.5 Å². The number of esters is 1. The summed E-state index contributed by atoms with van der Waals surface area (Å²) in [4.78, 5) is 12.5. The first-order valence-corrected chi connectivity index (χ1v) is 13.1. The van der Waals surface area contributed by atoms with Crippen LogP contribution in [-0.2, 0) is 14.0 Å². The third-order valence-corrected chi connectivity index (χ3v) is 11.4. The summed E-state index contributed by atoms with van der Waals surface area (Å²) in [6.45, 7) is 14.4. The Bertz CT molecular complexity index is 836. The maximum absolute atomic E-state index is 12.5. The van der Waals surface area contributed by atoms with E-state index in [1.807, 2.05) is 43.3 Å². The van der Waals surface area contributed by atoms with Crippen molar-refractivity contribution >= 4 is 24.7 Å². The molecule has 0 unspecified atom stereocenters. The van der Waals surface area contributed by atoms with Gasteiger partial charge in [-0.1, -0.05) is 94.4 Å². The van der Waals surface area contributed by atoms with Gasteiger partial charge in [-0.15, -0.1) is 6.58 Å². The molecule has 3 atom stereocenters. The van der Waals surface area contributed by atoms with Crippen LogP contribution in [-0.4, -0.2) is 39.2 Å². The van der Waals surface area contributed by atoms with Gasteiger partial charge in [-0.3, -0.25) is 4.79 Å². The lowest BCUT2D eigenvalue weighted by Crippen LogP contribution is -2.67. The van der Waals surface area contributed by atoms with Crippen molar-refractivity contribution in [3.8, 4) is 0 Å². The molecule has 1 N–H and O–H groups in total. The molecule has 0 bridgehead atoms. The van der Waals surface area contributed by atoms with E-state index in [0.29, 0.717) is 13.0 Å². The van der Waals surface area contributed by atoms with Crippen molar-refractivity contribution in [3.63, 3.8) is 0 Å². The average Bonchev–Trinajstić information content (AvgIpc) is 2.78. The van der Waals surface area contributed by atoms with Gasteiger partial charge in [0.25, 0.3) is 8.32 Å². The molecule has 0 fully saturated rings. The smallest absolute Gasteiger partial charge is 0.314 e. The zero-order chi connectivity index (χ0) is 24.0. The summed E-state index contributed by atoms with van der Waals surface area (Å²) in [5.74, 6) is -0.733. The molecule has 0 amide bonds. The number of benzene rings is 2. The molecule has 4 nitrogen and oxygen atoms in total. The number of hydrogen-bond acceptors (Lipinski definition) is 4. The lowest BCUT2D eigenvalue weighted by atomic mass is 9.76. The SMILES string of the molecule is C=CC[C@@](C)(C(=O)OC)[C@@H](O)[C@@H](C)CO[Si](c1ccccc1)(c1ccccc1)C(C)(C)C. The van der Waals surface area contributed by atoms with Crippen LogP contribution in [0.5, 0.6) is 0 Å². The molecule has 174 valence electrons. The van der Waals surface area contributed by atoms with Gasteiger partial charge in [0.1, 0.15) is 0 Å². The first-order chi connectivity index (χ1) is 15.0. The van der Waals surface area contributed by atoms with Gasteiger partial charge in [-0.25, -0.2) is 0 Å². The maximum atomic E-state index is 12.5. The van der Waals surface area contributed by atoms with Crippen molar-refractivity contribution in [3.05, 3.63) is 73.3 Å². The molecule has 0 spiro atoms. The van der Waals surface area contributed by atoms with E-state index in [0.717, 1.165) is 0 Å². The quantitative estimate of drug-likeness (QED) is 0.330. The summed E-state index contributed by atoms with van der Waals surface area (Å²) < 4.78 is 11.9. The van der Waals surface area contributed by atoms with Gasteiger partial charge in [0.2, 0.25) is 0 Å². The Kier molecular flexibility index (Phi) is 8.63. The summed E-state index contributed by atoms with van der Waals surface area (Å²) in [6.07, 6.45) is 1.03. The Hall–Kier alpha value is -2.21. The van der Waals surface area contributed by atoms with Crippen LogP contribution in [0.15, 0.2) is 73.3 Å².